The average Bonchev–Trinajstić information content (AvgIpc) is 2.80. The van der Waals surface area contributed by atoms with E-state index in [0.717, 1.165) is 9.88 Å². The Balaban J connectivity index is 2.16. The number of aromatic nitrogens is 3. The molecular formula is C12H11BrN4OS. The first-order chi connectivity index (χ1) is 9.11. The molecule has 0 fully saturated rings. The Kier molecular flexibility index (Phi) is 4.35. The standard InChI is InChI=1S/C12H11BrN4OS/c1-3-4-17-12(18)11(13)10(7-16-17)15-6-9-5-14-8(2)19-9/h1,5,7,15H,4,6H2,2H3. The molecule has 2 aromatic heterocycles. The molecule has 0 bridgehead atoms. The highest BCUT2D eigenvalue weighted by molar-refractivity contribution is 9.10. The lowest BCUT2D eigenvalue weighted by atomic mass is 10.4. The van der Waals surface area contributed by atoms with E-state index in [2.05, 4.69) is 37.2 Å². The molecule has 0 saturated carbocycles. The molecule has 0 radical (unpaired) electrons. The number of rotatable bonds is 4. The topological polar surface area (TPSA) is 59.8 Å². The fourth-order valence-electron chi connectivity index (χ4n) is 1.46. The summed E-state index contributed by atoms with van der Waals surface area (Å²) in [4.78, 5) is 17.2. The van der Waals surface area contributed by atoms with Crippen LogP contribution in [-0.4, -0.2) is 14.8 Å². The van der Waals surface area contributed by atoms with E-state index in [-0.39, 0.29) is 12.1 Å². The van der Waals surface area contributed by atoms with Crippen LogP contribution in [0.25, 0.3) is 0 Å². The largest absolute Gasteiger partial charge is 0.378 e. The first-order valence-electron chi connectivity index (χ1n) is 5.46. The van der Waals surface area contributed by atoms with Crippen LogP contribution in [0.15, 0.2) is 21.7 Å². The molecule has 0 aromatic carbocycles. The van der Waals surface area contributed by atoms with Gasteiger partial charge in [0.25, 0.3) is 5.56 Å². The molecule has 0 aliphatic carbocycles. The summed E-state index contributed by atoms with van der Waals surface area (Å²) >= 11 is 4.87. The smallest absolute Gasteiger partial charge is 0.284 e. The second-order valence-electron chi connectivity index (χ2n) is 3.74. The lowest BCUT2D eigenvalue weighted by molar-refractivity contribution is 0.659. The third-order valence-corrected chi connectivity index (χ3v) is 4.03. The monoisotopic (exact) mass is 338 g/mol. The van der Waals surface area contributed by atoms with Crippen LogP contribution in [0.1, 0.15) is 9.88 Å². The zero-order valence-electron chi connectivity index (χ0n) is 10.2. The minimum Gasteiger partial charge on any atom is -0.378 e. The van der Waals surface area contributed by atoms with Crippen LogP contribution in [0.3, 0.4) is 0 Å². The molecule has 0 atom stereocenters. The number of terminal acetylenes is 1. The fourth-order valence-corrected chi connectivity index (χ4v) is 2.64. The summed E-state index contributed by atoms with van der Waals surface area (Å²) in [6, 6.07) is 0. The summed E-state index contributed by atoms with van der Waals surface area (Å²) in [6.45, 7) is 2.71. The van der Waals surface area contributed by atoms with Crippen molar-refractivity contribution in [2.24, 2.45) is 0 Å². The number of nitrogens with one attached hydrogen (secondary N) is 1. The van der Waals surface area contributed by atoms with Gasteiger partial charge in [0.15, 0.2) is 0 Å². The van der Waals surface area contributed by atoms with Crippen molar-refractivity contribution in [2.75, 3.05) is 5.32 Å². The van der Waals surface area contributed by atoms with E-state index in [1.807, 2.05) is 13.1 Å². The Morgan fingerprint density at radius 2 is 2.37 bits per heavy atom. The summed E-state index contributed by atoms with van der Waals surface area (Å²) in [6.07, 6.45) is 8.56. The Hall–Kier alpha value is -1.65. The SMILES string of the molecule is C#CCn1ncc(NCc2cnc(C)s2)c(Br)c1=O. The first kappa shape index (κ1) is 13.8. The zero-order chi connectivity index (χ0) is 13.8. The van der Waals surface area contributed by atoms with Crippen molar-refractivity contribution < 1.29 is 0 Å². The third kappa shape index (κ3) is 3.22. The van der Waals surface area contributed by atoms with Crippen molar-refractivity contribution in [1.82, 2.24) is 14.8 Å². The maximum atomic E-state index is 11.9. The number of thiazole rings is 1. The summed E-state index contributed by atoms with van der Waals surface area (Å²) in [7, 11) is 0. The maximum absolute atomic E-state index is 11.9. The lowest BCUT2D eigenvalue weighted by Crippen LogP contribution is -2.24. The lowest BCUT2D eigenvalue weighted by Gasteiger charge is -2.08. The number of halogens is 1. The number of hydrogen-bond donors (Lipinski definition) is 1. The van der Waals surface area contributed by atoms with E-state index in [9.17, 15) is 4.79 Å². The van der Waals surface area contributed by atoms with Gasteiger partial charge >= 0.3 is 0 Å². The number of hydrogen-bond acceptors (Lipinski definition) is 5. The molecule has 0 saturated heterocycles. The van der Waals surface area contributed by atoms with Crippen LogP contribution in [0.5, 0.6) is 0 Å². The normalized spacial score (nSPS) is 10.2. The van der Waals surface area contributed by atoms with E-state index in [1.165, 1.54) is 4.68 Å². The minimum atomic E-state index is -0.247. The first-order valence-corrected chi connectivity index (χ1v) is 7.07. The third-order valence-electron chi connectivity index (χ3n) is 2.35. The van der Waals surface area contributed by atoms with Gasteiger partial charge in [-0.1, -0.05) is 5.92 Å². The van der Waals surface area contributed by atoms with Crippen molar-refractivity contribution in [3.8, 4) is 12.3 Å². The maximum Gasteiger partial charge on any atom is 0.284 e. The van der Waals surface area contributed by atoms with Crippen LogP contribution in [0, 0.1) is 19.3 Å². The number of nitrogens with zero attached hydrogens (tertiary/aromatic N) is 3. The molecule has 2 aromatic rings. The second-order valence-corrected chi connectivity index (χ2v) is 5.85. The minimum absolute atomic E-state index is 0.158. The highest BCUT2D eigenvalue weighted by Gasteiger charge is 2.08. The van der Waals surface area contributed by atoms with Crippen molar-refractivity contribution in [1.29, 1.82) is 0 Å². The van der Waals surface area contributed by atoms with Crippen molar-refractivity contribution in [2.45, 2.75) is 20.0 Å². The summed E-state index contributed by atoms with van der Waals surface area (Å²) in [5.41, 5.74) is 0.396. The molecule has 0 unspecified atom stereocenters. The molecule has 5 nitrogen and oxygen atoms in total. The highest BCUT2D eigenvalue weighted by Crippen LogP contribution is 2.19. The molecule has 0 amide bonds. The average molecular weight is 339 g/mol. The molecule has 0 aliphatic heterocycles. The van der Waals surface area contributed by atoms with Gasteiger partial charge in [-0.15, -0.1) is 17.8 Å². The van der Waals surface area contributed by atoms with Gasteiger partial charge < -0.3 is 5.32 Å². The van der Waals surface area contributed by atoms with Crippen LogP contribution >= 0.6 is 27.3 Å². The Bertz CT molecular complexity index is 686. The van der Waals surface area contributed by atoms with Gasteiger partial charge in [0.05, 0.1) is 23.4 Å². The molecule has 19 heavy (non-hydrogen) atoms. The summed E-state index contributed by atoms with van der Waals surface area (Å²) in [5, 5.41) is 8.16. The molecule has 2 rings (SSSR count). The van der Waals surface area contributed by atoms with Crippen LogP contribution in [0.4, 0.5) is 5.69 Å². The van der Waals surface area contributed by atoms with Gasteiger partial charge in [-0.3, -0.25) is 4.79 Å². The highest BCUT2D eigenvalue weighted by atomic mass is 79.9. The number of anilines is 1. The van der Waals surface area contributed by atoms with E-state index in [0.29, 0.717) is 16.7 Å². The quantitative estimate of drug-likeness (QED) is 0.866. The van der Waals surface area contributed by atoms with E-state index in [4.69, 9.17) is 6.42 Å². The van der Waals surface area contributed by atoms with Crippen LogP contribution < -0.4 is 10.9 Å². The van der Waals surface area contributed by atoms with Crippen molar-refractivity contribution >= 4 is 33.0 Å². The van der Waals surface area contributed by atoms with Gasteiger partial charge in [0.1, 0.15) is 11.0 Å². The van der Waals surface area contributed by atoms with E-state index < -0.39 is 0 Å². The molecule has 7 heteroatoms. The van der Waals surface area contributed by atoms with Crippen LogP contribution in [-0.2, 0) is 13.1 Å². The Morgan fingerprint density at radius 1 is 1.58 bits per heavy atom. The summed E-state index contributed by atoms with van der Waals surface area (Å²) < 4.78 is 1.66. The molecule has 0 aliphatic rings. The van der Waals surface area contributed by atoms with Crippen LogP contribution in [0.2, 0.25) is 0 Å². The molecule has 0 spiro atoms. The molecule has 2 heterocycles. The zero-order valence-corrected chi connectivity index (χ0v) is 12.6. The Labute approximate surface area is 122 Å². The van der Waals surface area contributed by atoms with E-state index in [1.54, 1.807) is 17.5 Å². The fraction of sp³-hybridized carbons (Fsp3) is 0.250. The predicted molar refractivity (Wildman–Crippen MR) is 79.2 cm³/mol. The second kappa shape index (κ2) is 5.99. The number of aryl methyl sites for hydroxylation is 1. The van der Waals surface area contributed by atoms with Crippen molar-refractivity contribution in [3.63, 3.8) is 0 Å². The summed E-state index contributed by atoms with van der Waals surface area (Å²) in [5.74, 6) is 2.38. The molecule has 98 valence electrons. The van der Waals surface area contributed by atoms with Gasteiger partial charge in [-0.2, -0.15) is 5.10 Å². The van der Waals surface area contributed by atoms with Crippen molar-refractivity contribution in [3.05, 3.63) is 37.1 Å². The molecule has 1 N–H and O–H groups in total. The predicted octanol–water partition coefficient (Wildman–Crippen LogP) is 2.02. The Morgan fingerprint density at radius 3 is 3.00 bits per heavy atom. The van der Waals surface area contributed by atoms with Gasteiger partial charge in [-0.05, 0) is 22.9 Å². The van der Waals surface area contributed by atoms with Gasteiger partial charge in [0.2, 0.25) is 0 Å². The van der Waals surface area contributed by atoms with Gasteiger partial charge in [0, 0.05) is 11.1 Å². The molecular weight excluding hydrogens is 328 g/mol. The van der Waals surface area contributed by atoms with E-state index >= 15 is 0 Å². The van der Waals surface area contributed by atoms with Gasteiger partial charge in [-0.25, -0.2) is 9.67 Å².